The van der Waals surface area contributed by atoms with Crippen LogP contribution in [0.5, 0.6) is 0 Å². The van der Waals surface area contributed by atoms with Crippen molar-refractivity contribution in [2.75, 3.05) is 19.7 Å². The zero-order valence-corrected chi connectivity index (χ0v) is 10.2. The maximum Gasteiger partial charge on any atom is 0.176 e. The molecule has 0 heterocycles. The van der Waals surface area contributed by atoms with E-state index >= 15 is 0 Å². The van der Waals surface area contributed by atoms with Crippen LogP contribution in [0, 0.1) is 11.3 Å². The number of nitriles is 1. The molecule has 0 aliphatic heterocycles. The maximum absolute atomic E-state index is 12.1. The molecule has 1 fully saturated rings. The fourth-order valence-corrected chi connectivity index (χ4v) is 1.97. The lowest BCUT2D eigenvalue weighted by molar-refractivity contribution is 0.0907. The van der Waals surface area contributed by atoms with E-state index in [4.69, 9.17) is 10.4 Å². The Bertz CT molecular complexity index is 458. The number of rotatable bonds is 6. The first-order valence-corrected chi connectivity index (χ1v) is 6.13. The highest BCUT2D eigenvalue weighted by Crippen LogP contribution is 2.26. The second kappa shape index (κ2) is 5.76. The van der Waals surface area contributed by atoms with E-state index in [2.05, 4.69) is 0 Å². The van der Waals surface area contributed by atoms with Crippen LogP contribution < -0.4 is 0 Å². The Morgan fingerprint density at radius 2 is 2.06 bits per heavy atom. The second-order valence-corrected chi connectivity index (χ2v) is 4.54. The SMILES string of the molecule is N#Cc1ccc(C(=O)CN(CCO)C2CC2)cc1. The summed E-state index contributed by atoms with van der Waals surface area (Å²) in [5.41, 5.74) is 1.18. The second-order valence-electron chi connectivity index (χ2n) is 4.54. The number of hydrogen-bond acceptors (Lipinski definition) is 4. The Morgan fingerprint density at radius 3 is 2.56 bits per heavy atom. The van der Waals surface area contributed by atoms with Gasteiger partial charge in [0, 0.05) is 18.2 Å². The molecule has 1 aliphatic carbocycles. The molecule has 0 atom stereocenters. The molecule has 18 heavy (non-hydrogen) atoms. The predicted octanol–water partition coefficient (Wildman–Crippen LogP) is 1.20. The summed E-state index contributed by atoms with van der Waals surface area (Å²) in [7, 11) is 0. The third-order valence-electron chi connectivity index (χ3n) is 3.13. The largest absolute Gasteiger partial charge is 0.395 e. The van der Waals surface area contributed by atoms with E-state index in [0.717, 1.165) is 12.8 Å². The van der Waals surface area contributed by atoms with Crippen LogP contribution in [-0.2, 0) is 0 Å². The standard InChI is InChI=1S/C14H16N2O2/c15-9-11-1-3-12(4-2-11)14(18)10-16(7-8-17)13-5-6-13/h1-4,13,17H,5-8,10H2. The lowest BCUT2D eigenvalue weighted by Crippen LogP contribution is -2.34. The van der Waals surface area contributed by atoms with E-state index in [1.54, 1.807) is 24.3 Å². The molecular weight excluding hydrogens is 228 g/mol. The van der Waals surface area contributed by atoms with E-state index in [1.807, 2.05) is 11.0 Å². The summed E-state index contributed by atoms with van der Waals surface area (Å²) in [4.78, 5) is 14.1. The van der Waals surface area contributed by atoms with Gasteiger partial charge in [-0.3, -0.25) is 9.69 Å². The highest BCUT2D eigenvalue weighted by Gasteiger charge is 2.29. The van der Waals surface area contributed by atoms with E-state index in [-0.39, 0.29) is 12.4 Å². The number of carbonyl (C=O) groups excluding carboxylic acids is 1. The van der Waals surface area contributed by atoms with Crippen molar-refractivity contribution in [1.29, 1.82) is 5.26 Å². The molecule has 4 heteroatoms. The zero-order valence-electron chi connectivity index (χ0n) is 10.2. The van der Waals surface area contributed by atoms with Crippen LogP contribution in [0.1, 0.15) is 28.8 Å². The lowest BCUT2D eigenvalue weighted by Gasteiger charge is -2.19. The van der Waals surface area contributed by atoms with Crippen LogP contribution in [0.2, 0.25) is 0 Å². The van der Waals surface area contributed by atoms with Gasteiger partial charge in [-0.25, -0.2) is 0 Å². The summed E-state index contributed by atoms with van der Waals surface area (Å²) in [6.07, 6.45) is 2.22. The van der Waals surface area contributed by atoms with Crippen LogP contribution in [0.25, 0.3) is 0 Å². The highest BCUT2D eigenvalue weighted by molar-refractivity contribution is 5.97. The van der Waals surface area contributed by atoms with Gasteiger partial charge in [-0.15, -0.1) is 0 Å². The fourth-order valence-electron chi connectivity index (χ4n) is 1.97. The molecule has 0 unspecified atom stereocenters. The number of aliphatic hydroxyl groups is 1. The molecule has 1 aromatic carbocycles. The number of carbonyl (C=O) groups is 1. The Morgan fingerprint density at radius 1 is 1.39 bits per heavy atom. The van der Waals surface area contributed by atoms with Crippen molar-refractivity contribution in [2.45, 2.75) is 18.9 Å². The number of hydrogen-bond donors (Lipinski definition) is 1. The first-order chi connectivity index (χ1) is 8.74. The topological polar surface area (TPSA) is 64.3 Å². The number of ketones is 1. The van der Waals surface area contributed by atoms with Crippen LogP contribution >= 0.6 is 0 Å². The molecule has 4 nitrogen and oxygen atoms in total. The third-order valence-corrected chi connectivity index (χ3v) is 3.13. The summed E-state index contributed by atoms with van der Waals surface area (Å²) in [6, 6.07) is 9.16. The first-order valence-electron chi connectivity index (χ1n) is 6.13. The first kappa shape index (κ1) is 12.7. The molecule has 94 valence electrons. The summed E-state index contributed by atoms with van der Waals surface area (Å²) < 4.78 is 0. The smallest absolute Gasteiger partial charge is 0.176 e. The molecule has 1 saturated carbocycles. The number of benzene rings is 1. The van der Waals surface area contributed by atoms with Gasteiger partial charge in [0.2, 0.25) is 0 Å². The Labute approximate surface area is 106 Å². The number of aliphatic hydroxyl groups excluding tert-OH is 1. The van der Waals surface area contributed by atoms with Gasteiger partial charge in [-0.2, -0.15) is 5.26 Å². The molecule has 0 amide bonds. The summed E-state index contributed by atoms with van der Waals surface area (Å²) in [5.74, 6) is 0.0415. The fraction of sp³-hybridized carbons (Fsp3) is 0.429. The van der Waals surface area contributed by atoms with Crippen LogP contribution in [0.3, 0.4) is 0 Å². The third kappa shape index (κ3) is 3.16. The average Bonchev–Trinajstić information content (AvgIpc) is 3.22. The van der Waals surface area contributed by atoms with E-state index in [0.29, 0.717) is 30.3 Å². The summed E-state index contributed by atoms with van der Waals surface area (Å²) in [5, 5.41) is 17.7. The van der Waals surface area contributed by atoms with E-state index in [1.165, 1.54) is 0 Å². The zero-order chi connectivity index (χ0) is 13.0. The van der Waals surface area contributed by atoms with Crippen LogP contribution in [0.15, 0.2) is 24.3 Å². The van der Waals surface area contributed by atoms with Gasteiger partial charge in [0.15, 0.2) is 5.78 Å². The monoisotopic (exact) mass is 244 g/mol. The van der Waals surface area contributed by atoms with Gasteiger partial charge in [0.05, 0.1) is 24.8 Å². The minimum Gasteiger partial charge on any atom is -0.395 e. The molecule has 0 spiro atoms. The molecule has 1 aliphatic rings. The van der Waals surface area contributed by atoms with Crippen LogP contribution in [-0.4, -0.2) is 41.5 Å². The van der Waals surface area contributed by atoms with Crippen molar-refractivity contribution >= 4 is 5.78 Å². The lowest BCUT2D eigenvalue weighted by atomic mass is 10.1. The van der Waals surface area contributed by atoms with Crippen molar-refractivity contribution in [2.24, 2.45) is 0 Å². The van der Waals surface area contributed by atoms with Crippen molar-refractivity contribution in [3.05, 3.63) is 35.4 Å². The van der Waals surface area contributed by atoms with Gasteiger partial charge in [0.25, 0.3) is 0 Å². The molecule has 0 aromatic heterocycles. The minimum absolute atomic E-state index is 0.0415. The van der Waals surface area contributed by atoms with Crippen LogP contribution in [0.4, 0.5) is 0 Å². The number of Topliss-reactive ketones (excluding diaryl/α,β-unsaturated/α-hetero) is 1. The Hall–Kier alpha value is -1.70. The molecule has 2 rings (SSSR count). The van der Waals surface area contributed by atoms with Gasteiger partial charge in [-0.05, 0) is 25.0 Å². The van der Waals surface area contributed by atoms with Crippen molar-refractivity contribution in [1.82, 2.24) is 4.90 Å². The average molecular weight is 244 g/mol. The van der Waals surface area contributed by atoms with Gasteiger partial charge in [0.1, 0.15) is 0 Å². The van der Waals surface area contributed by atoms with Crippen molar-refractivity contribution in [3.63, 3.8) is 0 Å². The predicted molar refractivity (Wildman–Crippen MR) is 67.2 cm³/mol. The van der Waals surface area contributed by atoms with E-state index < -0.39 is 0 Å². The molecule has 0 bridgehead atoms. The van der Waals surface area contributed by atoms with Crippen molar-refractivity contribution < 1.29 is 9.90 Å². The normalized spacial score (nSPS) is 14.5. The van der Waals surface area contributed by atoms with Gasteiger partial charge >= 0.3 is 0 Å². The molecule has 1 N–H and O–H groups in total. The maximum atomic E-state index is 12.1. The molecule has 0 radical (unpaired) electrons. The minimum atomic E-state index is 0.0415. The summed E-state index contributed by atoms with van der Waals surface area (Å²) >= 11 is 0. The van der Waals surface area contributed by atoms with Gasteiger partial charge in [-0.1, -0.05) is 12.1 Å². The Balaban J connectivity index is 1.99. The van der Waals surface area contributed by atoms with E-state index in [9.17, 15) is 4.79 Å². The molecule has 1 aromatic rings. The van der Waals surface area contributed by atoms with Gasteiger partial charge < -0.3 is 5.11 Å². The highest BCUT2D eigenvalue weighted by atomic mass is 16.3. The Kier molecular flexibility index (Phi) is 4.08. The summed E-state index contributed by atoms with van der Waals surface area (Å²) in [6.45, 7) is 0.973. The molecule has 0 saturated heterocycles. The van der Waals surface area contributed by atoms with Crippen molar-refractivity contribution in [3.8, 4) is 6.07 Å². The number of nitrogens with zero attached hydrogens (tertiary/aromatic N) is 2. The quantitative estimate of drug-likeness (QED) is 0.764. The molecular formula is C14H16N2O2.